The van der Waals surface area contributed by atoms with Crippen molar-refractivity contribution in [2.75, 3.05) is 32.7 Å². The number of hydrogen-bond donors (Lipinski definition) is 2. The van der Waals surface area contributed by atoms with E-state index in [-0.39, 0.29) is 11.5 Å². The van der Waals surface area contributed by atoms with Crippen LogP contribution in [-0.4, -0.2) is 79.4 Å². The molecule has 174 valence electrons. The highest BCUT2D eigenvalue weighted by Gasteiger charge is 2.59. The van der Waals surface area contributed by atoms with Crippen LogP contribution in [0.1, 0.15) is 50.2 Å². The number of phenols is 1. The first-order valence-electron chi connectivity index (χ1n) is 12.2. The van der Waals surface area contributed by atoms with E-state index in [0.717, 1.165) is 70.0 Å². The molecule has 1 aliphatic carbocycles. The third kappa shape index (κ3) is 3.84. The minimum atomic E-state index is -0.836. The number of nitrogens with zero attached hydrogens (tertiary/aromatic N) is 5. The molecule has 0 bridgehead atoms. The molecule has 1 aromatic carbocycles. The van der Waals surface area contributed by atoms with Crippen molar-refractivity contribution in [1.82, 2.24) is 24.8 Å². The molecular formula is C25H37N5O2. The van der Waals surface area contributed by atoms with Crippen LogP contribution in [0.25, 0.3) is 0 Å². The van der Waals surface area contributed by atoms with Gasteiger partial charge in [-0.25, -0.2) is 0 Å². The van der Waals surface area contributed by atoms with Crippen LogP contribution in [-0.2, 0) is 12.0 Å². The predicted octanol–water partition coefficient (Wildman–Crippen LogP) is 2.56. The highest BCUT2D eigenvalue weighted by molar-refractivity contribution is 5.43. The highest BCUT2D eigenvalue weighted by atomic mass is 16.3. The summed E-state index contributed by atoms with van der Waals surface area (Å²) in [6.07, 6.45) is 8.64. The van der Waals surface area contributed by atoms with Crippen molar-refractivity contribution in [2.24, 2.45) is 5.92 Å². The lowest BCUT2D eigenvalue weighted by molar-refractivity contribution is -0.136. The van der Waals surface area contributed by atoms with Gasteiger partial charge in [-0.1, -0.05) is 6.07 Å². The second-order valence-corrected chi connectivity index (χ2v) is 10.3. The number of phenolic OH excluding ortho intramolecular Hbond substituents is 1. The molecule has 2 aromatic rings. The Morgan fingerprint density at radius 2 is 1.75 bits per heavy atom. The molecule has 0 spiro atoms. The van der Waals surface area contributed by atoms with Crippen molar-refractivity contribution < 1.29 is 10.2 Å². The van der Waals surface area contributed by atoms with Crippen LogP contribution in [0.15, 0.2) is 30.6 Å². The summed E-state index contributed by atoms with van der Waals surface area (Å²) in [6, 6.07) is 5.78. The highest BCUT2D eigenvalue weighted by Crippen LogP contribution is 2.53. The fourth-order valence-corrected chi connectivity index (χ4v) is 6.35. The first-order chi connectivity index (χ1) is 15.4. The van der Waals surface area contributed by atoms with Gasteiger partial charge in [-0.3, -0.25) is 4.90 Å². The van der Waals surface area contributed by atoms with Gasteiger partial charge in [0.25, 0.3) is 0 Å². The van der Waals surface area contributed by atoms with E-state index in [4.69, 9.17) is 0 Å². The Morgan fingerprint density at radius 3 is 2.50 bits per heavy atom. The van der Waals surface area contributed by atoms with Gasteiger partial charge in [-0.15, -0.1) is 0 Å². The number of hydrogen-bond acceptors (Lipinski definition) is 6. The van der Waals surface area contributed by atoms with Gasteiger partial charge in [0.1, 0.15) is 5.75 Å². The van der Waals surface area contributed by atoms with Gasteiger partial charge in [-0.2, -0.15) is 15.0 Å². The van der Waals surface area contributed by atoms with E-state index in [1.54, 1.807) is 23.3 Å². The molecule has 3 fully saturated rings. The maximum atomic E-state index is 12.6. The molecule has 0 radical (unpaired) electrons. The third-order valence-corrected chi connectivity index (χ3v) is 8.57. The SMILES string of the molecule is Cc1ccc(O)cc1C12CCN(CCn3nccn3)CCC1(O)C(C)N(CC1CC1)CC2. The zero-order chi connectivity index (χ0) is 22.3. The van der Waals surface area contributed by atoms with Crippen LogP contribution in [0.5, 0.6) is 5.75 Å². The molecule has 2 saturated heterocycles. The maximum Gasteiger partial charge on any atom is 0.115 e. The number of aliphatic hydroxyl groups is 1. The Labute approximate surface area is 191 Å². The molecule has 5 rings (SSSR count). The average Bonchev–Trinajstić information content (AvgIpc) is 3.48. The lowest BCUT2D eigenvalue weighted by Gasteiger charge is -2.58. The molecular weight excluding hydrogens is 402 g/mol. The average molecular weight is 440 g/mol. The van der Waals surface area contributed by atoms with Crippen LogP contribution in [0.4, 0.5) is 0 Å². The number of aryl methyl sites for hydroxylation is 1. The molecule has 3 heterocycles. The normalized spacial score (nSPS) is 31.9. The second-order valence-electron chi connectivity index (χ2n) is 10.3. The first kappa shape index (κ1) is 21.9. The smallest absolute Gasteiger partial charge is 0.115 e. The molecule has 3 atom stereocenters. The van der Waals surface area contributed by atoms with Crippen LogP contribution < -0.4 is 0 Å². The van der Waals surface area contributed by atoms with Gasteiger partial charge in [0.15, 0.2) is 0 Å². The number of fused-ring (bicyclic) bond motifs is 1. The molecule has 1 saturated carbocycles. The van der Waals surface area contributed by atoms with E-state index in [2.05, 4.69) is 33.8 Å². The number of benzene rings is 1. The van der Waals surface area contributed by atoms with E-state index < -0.39 is 5.60 Å². The van der Waals surface area contributed by atoms with Crippen molar-refractivity contribution in [3.8, 4) is 5.75 Å². The second kappa shape index (κ2) is 8.43. The summed E-state index contributed by atoms with van der Waals surface area (Å²) in [5.74, 6) is 1.10. The summed E-state index contributed by atoms with van der Waals surface area (Å²) in [7, 11) is 0. The Bertz CT molecular complexity index is 930. The molecule has 7 heteroatoms. The van der Waals surface area contributed by atoms with Crippen molar-refractivity contribution in [2.45, 2.75) is 69.6 Å². The molecule has 3 unspecified atom stereocenters. The van der Waals surface area contributed by atoms with E-state index in [9.17, 15) is 10.2 Å². The van der Waals surface area contributed by atoms with Gasteiger partial charge < -0.3 is 15.1 Å². The minimum absolute atomic E-state index is 0.0892. The van der Waals surface area contributed by atoms with Gasteiger partial charge in [0, 0.05) is 31.1 Å². The molecule has 3 aliphatic rings. The fourth-order valence-electron chi connectivity index (χ4n) is 6.35. The predicted molar refractivity (Wildman–Crippen MR) is 124 cm³/mol. The number of aromatic nitrogens is 3. The quantitative estimate of drug-likeness (QED) is 0.720. The van der Waals surface area contributed by atoms with E-state index >= 15 is 0 Å². The Kier molecular flexibility index (Phi) is 5.76. The molecule has 7 nitrogen and oxygen atoms in total. The molecule has 0 amide bonds. The summed E-state index contributed by atoms with van der Waals surface area (Å²) in [6.45, 7) is 9.88. The van der Waals surface area contributed by atoms with Crippen molar-refractivity contribution in [3.05, 3.63) is 41.7 Å². The van der Waals surface area contributed by atoms with Crippen molar-refractivity contribution in [3.63, 3.8) is 0 Å². The Hall–Kier alpha value is -1.96. The zero-order valence-electron chi connectivity index (χ0n) is 19.5. The Morgan fingerprint density at radius 1 is 1.03 bits per heavy atom. The maximum absolute atomic E-state index is 12.6. The van der Waals surface area contributed by atoms with Crippen LogP contribution >= 0.6 is 0 Å². The monoisotopic (exact) mass is 439 g/mol. The number of aromatic hydroxyl groups is 1. The third-order valence-electron chi connectivity index (χ3n) is 8.57. The first-order valence-corrected chi connectivity index (χ1v) is 12.2. The summed E-state index contributed by atoms with van der Waals surface area (Å²) in [5, 5.41) is 31.4. The zero-order valence-corrected chi connectivity index (χ0v) is 19.5. The van der Waals surface area contributed by atoms with Gasteiger partial charge >= 0.3 is 0 Å². The van der Waals surface area contributed by atoms with Crippen LogP contribution in [0.2, 0.25) is 0 Å². The van der Waals surface area contributed by atoms with Crippen LogP contribution in [0.3, 0.4) is 0 Å². The van der Waals surface area contributed by atoms with Crippen molar-refractivity contribution >= 4 is 0 Å². The lowest BCUT2D eigenvalue weighted by Crippen LogP contribution is -2.68. The topological polar surface area (TPSA) is 77.6 Å². The molecule has 1 aromatic heterocycles. The summed E-state index contributed by atoms with van der Waals surface area (Å²) < 4.78 is 0. The number of likely N-dealkylation sites (tertiary alicyclic amines) is 2. The van der Waals surface area contributed by atoms with Gasteiger partial charge in [0.2, 0.25) is 0 Å². The standard InChI is InChI=1S/C25H37N5O2/c1-19-3-6-22(31)17-23(19)24-7-12-28(15-16-30-26-10-11-27-30)13-9-25(24,32)20(2)29(14-8-24)18-21-4-5-21/h3,6,10-11,17,20-21,31-32H,4-5,7-9,12-16,18H2,1-2H3. The number of piperidine rings is 1. The largest absolute Gasteiger partial charge is 0.508 e. The number of rotatable bonds is 6. The lowest BCUT2D eigenvalue weighted by atomic mass is 9.57. The van der Waals surface area contributed by atoms with E-state index in [1.807, 2.05) is 12.1 Å². The van der Waals surface area contributed by atoms with Crippen molar-refractivity contribution in [1.29, 1.82) is 0 Å². The van der Waals surface area contributed by atoms with E-state index in [0.29, 0.717) is 5.75 Å². The fraction of sp³-hybridized carbons (Fsp3) is 0.680. The molecule has 32 heavy (non-hydrogen) atoms. The molecule has 2 N–H and O–H groups in total. The summed E-state index contributed by atoms with van der Waals surface area (Å²) in [5.41, 5.74) is 1.11. The van der Waals surface area contributed by atoms with Gasteiger partial charge in [0.05, 0.1) is 24.5 Å². The Balaban J connectivity index is 1.46. The van der Waals surface area contributed by atoms with Crippen LogP contribution in [0, 0.1) is 12.8 Å². The van der Waals surface area contributed by atoms with Gasteiger partial charge in [-0.05, 0) is 88.2 Å². The summed E-state index contributed by atoms with van der Waals surface area (Å²) in [4.78, 5) is 6.73. The summed E-state index contributed by atoms with van der Waals surface area (Å²) >= 11 is 0. The molecule has 2 aliphatic heterocycles. The van der Waals surface area contributed by atoms with E-state index in [1.165, 1.54) is 18.4 Å². The minimum Gasteiger partial charge on any atom is -0.508 e.